The van der Waals surface area contributed by atoms with Gasteiger partial charge in [0.2, 0.25) is 5.82 Å². The number of aromatic nitrogens is 6. The van der Waals surface area contributed by atoms with Gasteiger partial charge < -0.3 is 4.98 Å². The van der Waals surface area contributed by atoms with Crippen LogP contribution < -0.4 is 5.56 Å². The van der Waals surface area contributed by atoms with E-state index < -0.39 is 0 Å². The van der Waals surface area contributed by atoms with Gasteiger partial charge in [0.1, 0.15) is 10.7 Å². The average Bonchev–Trinajstić information content (AvgIpc) is 3.15. The van der Waals surface area contributed by atoms with Crippen LogP contribution in [0.4, 0.5) is 0 Å². The van der Waals surface area contributed by atoms with Gasteiger partial charge in [0, 0.05) is 11.4 Å². The highest BCUT2D eigenvalue weighted by molar-refractivity contribution is 7.22. The Balaban J connectivity index is 1.81. The Bertz CT molecular complexity index is 1090. The number of thiophene rings is 1. The first-order valence-corrected chi connectivity index (χ1v) is 8.32. The summed E-state index contributed by atoms with van der Waals surface area (Å²) in [7, 11) is 0. The second kappa shape index (κ2) is 5.81. The summed E-state index contributed by atoms with van der Waals surface area (Å²) in [5.41, 5.74) is 1.62. The smallest absolute Gasteiger partial charge is 0.259 e. The van der Waals surface area contributed by atoms with Gasteiger partial charge in [-0.3, -0.25) is 4.79 Å². The third-order valence-corrected chi connectivity index (χ3v) is 5.08. The van der Waals surface area contributed by atoms with Crippen LogP contribution in [0.15, 0.2) is 29.1 Å². The SMILES string of the molecule is Cc1c(-c2nn[nH]n2)sc2nc(Cc3cccc(Cl)c3)[nH]c(=O)c12. The van der Waals surface area contributed by atoms with E-state index in [0.29, 0.717) is 33.3 Å². The molecule has 7 nitrogen and oxygen atoms in total. The summed E-state index contributed by atoms with van der Waals surface area (Å²) in [5, 5.41) is 15.2. The monoisotopic (exact) mass is 358 g/mol. The topological polar surface area (TPSA) is 100 Å². The molecule has 0 aliphatic rings. The van der Waals surface area contributed by atoms with Crippen molar-refractivity contribution < 1.29 is 0 Å². The molecule has 1 aromatic carbocycles. The molecule has 120 valence electrons. The van der Waals surface area contributed by atoms with Gasteiger partial charge in [0.05, 0.1) is 10.3 Å². The Hall–Kier alpha value is -2.58. The number of fused-ring (bicyclic) bond motifs is 1. The number of H-pyrrole nitrogens is 2. The second-order valence-corrected chi connectivity index (χ2v) is 6.73. The van der Waals surface area contributed by atoms with Crippen molar-refractivity contribution in [3.05, 3.63) is 56.6 Å². The fourth-order valence-corrected chi connectivity index (χ4v) is 3.93. The lowest BCUT2D eigenvalue weighted by Gasteiger charge is -2.02. The number of aromatic amines is 2. The van der Waals surface area contributed by atoms with Crippen LogP contribution in [0, 0.1) is 6.92 Å². The van der Waals surface area contributed by atoms with Crippen LogP contribution in [-0.4, -0.2) is 30.6 Å². The van der Waals surface area contributed by atoms with Crippen molar-refractivity contribution in [2.45, 2.75) is 13.3 Å². The molecule has 0 atom stereocenters. The minimum Gasteiger partial charge on any atom is -0.310 e. The van der Waals surface area contributed by atoms with Gasteiger partial charge in [-0.05, 0) is 35.4 Å². The molecule has 2 N–H and O–H groups in total. The number of aryl methyl sites for hydroxylation is 1. The Morgan fingerprint density at radius 3 is 2.96 bits per heavy atom. The molecule has 0 saturated heterocycles. The van der Waals surface area contributed by atoms with E-state index in [4.69, 9.17) is 11.6 Å². The molecule has 0 radical (unpaired) electrons. The fourth-order valence-electron chi connectivity index (χ4n) is 2.58. The third kappa shape index (κ3) is 2.59. The van der Waals surface area contributed by atoms with Gasteiger partial charge in [-0.15, -0.1) is 21.5 Å². The van der Waals surface area contributed by atoms with E-state index in [1.165, 1.54) is 11.3 Å². The standard InChI is InChI=1S/C15H11ClN6OS/c1-7-11-14(23)17-10(6-8-3-2-4-9(16)5-8)18-15(11)24-12(7)13-19-21-22-20-13/h2-5H,6H2,1H3,(H,17,18,23)(H,19,20,21,22). The lowest BCUT2D eigenvalue weighted by molar-refractivity contribution is 0.881. The van der Waals surface area contributed by atoms with Gasteiger partial charge in [0.15, 0.2) is 0 Å². The number of rotatable bonds is 3. The van der Waals surface area contributed by atoms with Crippen molar-refractivity contribution in [3.63, 3.8) is 0 Å². The molecule has 9 heteroatoms. The van der Waals surface area contributed by atoms with Crippen LogP contribution in [-0.2, 0) is 6.42 Å². The van der Waals surface area contributed by atoms with Gasteiger partial charge >= 0.3 is 0 Å². The minimum absolute atomic E-state index is 0.166. The Labute approximate surface area is 144 Å². The van der Waals surface area contributed by atoms with Crippen molar-refractivity contribution in [2.75, 3.05) is 0 Å². The van der Waals surface area contributed by atoms with E-state index in [0.717, 1.165) is 16.0 Å². The summed E-state index contributed by atoms with van der Waals surface area (Å²) in [5.74, 6) is 1.06. The van der Waals surface area contributed by atoms with Crippen molar-refractivity contribution in [2.24, 2.45) is 0 Å². The highest BCUT2D eigenvalue weighted by Gasteiger charge is 2.18. The first-order chi connectivity index (χ1) is 11.6. The average molecular weight is 359 g/mol. The Morgan fingerprint density at radius 2 is 2.21 bits per heavy atom. The lowest BCUT2D eigenvalue weighted by atomic mass is 10.1. The molecule has 3 aromatic heterocycles. The molecule has 0 aliphatic heterocycles. The third-order valence-electron chi connectivity index (χ3n) is 3.66. The van der Waals surface area contributed by atoms with Crippen LogP contribution in [0.1, 0.15) is 17.0 Å². The predicted molar refractivity (Wildman–Crippen MR) is 92.4 cm³/mol. The van der Waals surface area contributed by atoms with Crippen LogP contribution in [0.3, 0.4) is 0 Å². The first kappa shape index (κ1) is 15.0. The number of nitrogens with zero attached hydrogens (tertiary/aromatic N) is 4. The zero-order valence-corrected chi connectivity index (χ0v) is 14.1. The van der Waals surface area contributed by atoms with E-state index in [1.807, 2.05) is 31.2 Å². The number of halogens is 1. The summed E-state index contributed by atoms with van der Waals surface area (Å²) < 4.78 is 0. The van der Waals surface area contributed by atoms with Crippen molar-refractivity contribution in [1.29, 1.82) is 0 Å². The highest BCUT2D eigenvalue weighted by Crippen LogP contribution is 2.33. The lowest BCUT2D eigenvalue weighted by Crippen LogP contribution is -2.11. The molecule has 0 bridgehead atoms. The molecule has 0 fully saturated rings. The summed E-state index contributed by atoms with van der Waals surface area (Å²) in [6.07, 6.45) is 0.500. The minimum atomic E-state index is -0.166. The van der Waals surface area contributed by atoms with Gasteiger partial charge in [0.25, 0.3) is 5.56 Å². The molecular weight excluding hydrogens is 348 g/mol. The molecule has 0 amide bonds. The zero-order chi connectivity index (χ0) is 16.7. The van der Waals surface area contributed by atoms with E-state index in [-0.39, 0.29) is 5.56 Å². The molecule has 24 heavy (non-hydrogen) atoms. The summed E-state index contributed by atoms with van der Waals surface area (Å²) in [6.45, 7) is 1.86. The summed E-state index contributed by atoms with van der Waals surface area (Å²) in [6, 6.07) is 7.48. The quantitative estimate of drug-likeness (QED) is 0.586. The van der Waals surface area contributed by atoms with Crippen LogP contribution in [0.25, 0.3) is 20.9 Å². The highest BCUT2D eigenvalue weighted by atomic mass is 35.5. The Morgan fingerprint density at radius 1 is 1.33 bits per heavy atom. The summed E-state index contributed by atoms with van der Waals surface area (Å²) in [4.78, 5) is 21.4. The van der Waals surface area contributed by atoms with Gasteiger partial charge in [-0.1, -0.05) is 23.7 Å². The zero-order valence-electron chi connectivity index (χ0n) is 12.5. The largest absolute Gasteiger partial charge is 0.310 e. The molecule has 0 unspecified atom stereocenters. The number of nitrogens with one attached hydrogen (secondary N) is 2. The van der Waals surface area contributed by atoms with E-state index in [2.05, 4.69) is 30.6 Å². The Kier molecular flexibility index (Phi) is 3.62. The maximum absolute atomic E-state index is 12.5. The molecule has 0 aliphatic carbocycles. The molecule has 4 aromatic rings. The molecule has 0 saturated carbocycles. The number of benzene rings is 1. The van der Waals surface area contributed by atoms with Crippen molar-refractivity contribution >= 4 is 33.2 Å². The number of hydrogen-bond acceptors (Lipinski definition) is 6. The van der Waals surface area contributed by atoms with Gasteiger partial charge in [-0.2, -0.15) is 5.21 Å². The molecule has 0 spiro atoms. The predicted octanol–water partition coefficient (Wildman–Crippen LogP) is 2.72. The van der Waals surface area contributed by atoms with E-state index in [1.54, 1.807) is 0 Å². The summed E-state index contributed by atoms with van der Waals surface area (Å²) >= 11 is 7.39. The maximum atomic E-state index is 12.5. The van der Waals surface area contributed by atoms with Crippen molar-refractivity contribution in [1.82, 2.24) is 30.6 Å². The maximum Gasteiger partial charge on any atom is 0.259 e. The van der Waals surface area contributed by atoms with E-state index in [9.17, 15) is 4.79 Å². The van der Waals surface area contributed by atoms with Gasteiger partial charge in [-0.25, -0.2) is 4.98 Å². The first-order valence-electron chi connectivity index (χ1n) is 7.12. The van der Waals surface area contributed by atoms with E-state index >= 15 is 0 Å². The normalized spacial score (nSPS) is 11.2. The van der Waals surface area contributed by atoms with Crippen LogP contribution in [0.2, 0.25) is 5.02 Å². The van der Waals surface area contributed by atoms with Crippen LogP contribution >= 0.6 is 22.9 Å². The fraction of sp³-hybridized carbons (Fsp3) is 0.133. The second-order valence-electron chi connectivity index (χ2n) is 5.29. The molecular formula is C15H11ClN6OS. The van der Waals surface area contributed by atoms with Crippen LogP contribution in [0.5, 0.6) is 0 Å². The molecule has 3 heterocycles. The number of hydrogen-bond donors (Lipinski definition) is 2. The molecule has 4 rings (SSSR count). The number of tetrazole rings is 1. The van der Waals surface area contributed by atoms with Crippen molar-refractivity contribution in [3.8, 4) is 10.7 Å².